The normalized spacial score (nSPS) is 16.3. The van der Waals surface area contributed by atoms with Gasteiger partial charge >= 0.3 is 14.5 Å². The Hall–Kier alpha value is -0.473. The monoisotopic (exact) mass is 322 g/mol. The van der Waals surface area contributed by atoms with Gasteiger partial charge in [-0.1, -0.05) is 20.8 Å². The zero-order chi connectivity index (χ0) is 16.5. The lowest BCUT2D eigenvalue weighted by Crippen LogP contribution is -2.52. The van der Waals surface area contributed by atoms with E-state index in [-0.39, 0.29) is 11.7 Å². The number of hydrogen-bond acceptors (Lipinski definition) is 6. The summed E-state index contributed by atoms with van der Waals surface area (Å²) in [6.45, 7) is 9.37. The first kappa shape index (κ1) is 20.5. The first-order chi connectivity index (χ1) is 9.86. The predicted molar refractivity (Wildman–Crippen MR) is 81.8 cm³/mol. The molecule has 0 aliphatic carbocycles. The number of carbonyl (C=O) groups is 1. The van der Waals surface area contributed by atoms with Crippen molar-refractivity contribution in [2.75, 3.05) is 14.2 Å². The Balaban J connectivity index is 4.56. The molecule has 0 aliphatic heterocycles. The maximum Gasteiger partial charge on any atom is 0.364 e. The first-order valence-corrected chi connectivity index (χ1v) is 9.86. The van der Waals surface area contributed by atoms with E-state index in [1.54, 1.807) is 28.1 Å². The van der Waals surface area contributed by atoms with Gasteiger partial charge in [0.2, 0.25) is 6.29 Å². The minimum atomic E-state index is -2.40. The van der Waals surface area contributed by atoms with Gasteiger partial charge in [0.25, 0.3) is 0 Å². The Bertz CT molecular complexity index is 295. The summed E-state index contributed by atoms with van der Waals surface area (Å²) in [7, 11) is 0.861. The number of rotatable bonds is 11. The third-order valence-corrected chi connectivity index (χ3v) is 6.69. The molecule has 0 radical (unpaired) electrons. The Kier molecular flexibility index (Phi) is 10.1. The van der Waals surface area contributed by atoms with Gasteiger partial charge in [0.15, 0.2) is 6.29 Å². The highest BCUT2D eigenvalue weighted by molar-refractivity contribution is 6.67. The van der Waals surface area contributed by atoms with Crippen molar-refractivity contribution in [1.82, 2.24) is 0 Å². The van der Waals surface area contributed by atoms with Crippen molar-refractivity contribution < 1.29 is 27.9 Å². The van der Waals surface area contributed by atoms with E-state index in [2.05, 4.69) is 0 Å². The third kappa shape index (κ3) is 6.88. The minimum Gasteiger partial charge on any atom is -0.436 e. The second kappa shape index (κ2) is 10.3. The average Bonchev–Trinajstić information content (AvgIpc) is 2.50. The van der Waals surface area contributed by atoms with Gasteiger partial charge < -0.3 is 23.1 Å². The summed E-state index contributed by atoms with van der Waals surface area (Å²) in [4.78, 5) is 11.3. The van der Waals surface area contributed by atoms with E-state index >= 15 is 0 Å². The van der Waals surface area contributed by atoms with E-state index < -0.39 is 21.1 Å². The van der Waals surface area contributed by atoms with Crippen molar-refractivity contribution in [3.8, 4) is 0 Å². The number of esters is 1. The van der Waals surface area contributed by atoms with Gasteiger partial charge in [-0.05, 0) is 19.9 Å². The molecule has 0 heterocycles. The topological polar surface area (TPSA) is 63.2 Å². The lowest BCUT2D eigenvalue weighted by molar-refractivity contribution is -0.242. The molecule has 21 heavy (non-hydrogen) atoms. The standard InChI is InChI=1S/C14H30O6Si/c1-8-12(15)20-13(9-2)18-11(4)19-14(10-3)21(7,16-5)17-6/h11,13-14H,8-10H2,1-7H3. The molecule has 0 fully saturated rings. The second-order valence-corrected chi connectivity index (χ2v) is 8.33. The highest BCUT2D eigenvalue weighted by Crippen LogP contribution is 2.20. The molecule has 0 aromatic heterocycles. The number of carbonyl (C=O) groups excluding carboxylic acids is 1. The summed E-state index contributed by atoms with van der Waals surface area (Å²) in [6.07, 6.45) is 0.540. The minimum absolute atomic E-state index is 0.165. The fraction of sp³-hybridized carbons (Fsp3) is 0.929. The largest absolute Gasteiger partial charge is 0.436 e. The van der Waals surface area contributed by atoms with Crippen LogP contribution in [0.25, 0.3) is 0 Å². The maximum atomic E-state index is 11.3. The Morgan fingerprint density at radius 3 is 2.00 bits per heavy atom. The molecule has 3 atom stereocenters. The molecule has 0 spiro atoms. The molecule has 0 saturated heterocycles. The van der Waals surface area contributed by atoms with Crippen LogP contribution in [0.1, 0.15) is 47.0 Å². The van der Waals surface area contributed by atoms with Crippen molar-refractivity contribution >= 4 is 14.5 Å². The van der Waals surface area contributed by atoms with Gasteiger partial charge in [0, 0.05) is 27.1 Å². The van der Waals surface area contributed by atoms with E-state index in [1.165, 1.54) is 0 Å². The van der Waals surface area contributed by atoms with Gasteiger partial charge in [-0.25, -0.2) is 0 Å². The molecule has 0 saturated carbocycles. The molecule has 7 heteroatoms. The molecule has 3 unspecified atom stereocenters. The molecule has 0 aromatic rings. The first-order valence-electron chi connectivity index (χ1n) is 7.47. The highest BCUT2D eigenvalue weighted by atomic mass is 28.4. The van der Waals surface area contributed by atoms with Crippen molar-refractivity contribution in [3.05, 3.63) is 0 Å². The van der Waals surface area contributed by atoms with E-state index in [1.807, 2.05) is 20.4 Å². The molecule has 0 aliphatic rings. The SMILES string of the molecule is CCC(=O)OC(CC)OC(C)OC(CC)[Si](C)(OC)OC. The van der Waals surface area contributed by atoms with Crippen LogP contribution in [0.5, 0.6) is 0 Å². The highest BCUT2D eigenvalue weighted by Gasteiger charge is 2.40. The summed E-state index contributed by atoms with van der Waals surface area (Å²) in [5.41, 5.74) is -0.165. The van der Waals surface area contributed by atoms with Crippen LogP contribution >= 0.6 is 0 Å². The summed E-state index contributed by atoms with van der Waals surface area (Å²) in [6, 6.07) is 0. The Labute approximate surface area is 129 Å². The summed E-state index contributed by atoms with van der Waals surface area (Å²) >= 11 is 0. The van der Waals surface area contributed by atoms with Gasteiger partial charge in [-0.2, -0.15) is 0 Å². The zero-order valence-corrected chi connectivity index (χ0v) is 15.3. The van der Waals surface area contributed by atoms with Gasteiger partial charge in [0.05, 0.1) is 0 Å². The summed E-state index contributed by atoms with van der Waals surface area (Å²) < 4.78 is 27.7. The van der Waals surface area contributed by atoms with Crippen molar-refractivity contribution in [3.63, 3.8) is 0 Å². The average molecular weight is 322 g/mol. The Morgan fingerprint density at radius 2 is 1.62 bits per heavy atom. The maximum absolute atomic E-state index is 11.3. The molecule has 0 rings (SSSR count). The molecule has 0 amide bonds. The Morgan fingerprint density at radius 1 is 1.05 bits per heavy atom. The van der Waals surface area contributed by atoms with Crippen LogP contribution in [0.2, 0.25) is 6.55 Å². The molecule has 6 nitrogen and oxygen atoms in total. The van der Waals surface area contributed by atoms with E-state index in [0.717, 1.165) is 6.42 Å². The quantitative estimate of drug-likeness (QED) is 0.331. The van der Waals surface area contributed by atoms with Crippen LogP contribution in [-0.2, 0) is 27.9 Å². The molecular formula is C14H30O6Si. The van der Waals surface area contributed by atoms with Crippen LogP contribution in [-0.4, -0.2) is 47.1 Å². The van der Waals surface area contributed by atoms with Crippen LogP contribution in [0, 0.1) is 0 Å². The van der Waals surface area contributed by atoms with Crippen molar-refractivity contribution in [1.29, 1.82) is 0 Å². The molecular weight excluding hydrogens is 292 g/mol. The van der Waals surface area contributed by atoms with Crippen LogP contribution < -0.4 is 0 Å². The van der Waals surface area contributed by atoms with Crippen LogP contribution in [0.4, 0.5) is 0 Å². The lowest BCUT2D eigenvalue weighted by atomic mass is 10.4. The predicted octanol–water partition coefficient (Wildman–Crippen LogP) is 2.74. The number of ether oxygens (including phenoxy) is 3. The second-order valence-electron chi connectivity index (χ2n) is 4.84. The lowest BCUT2D eigenvalue weighted by Gasteiger charge is -2.33. The van der Waals surface area contributed by atoms with Crippen molar-refractivity contribution in [2.24, 2.45) is 0 Å². The van der Waals surface area contributed by atoms with Gasteiger partial charge in [0.1, 0.15) is 5.73 Å². The fourth-order valence-corrected chi connectivity index (χ4v) is 3.72. The van der Waals surface area contributed by atoms with Gasteiger partial charge in [-0.3, -0.25) is 4.79 Å². The molecule has 0 bridgehead atoms. The fourth-order valence-electron chi connectivity index (χ4n) is 1.85. The molecule has 0 N–H and O–H groups in total. The van der Waals surface area contributed by atoms with Crippen molar-refractivity contribution in [2.45, 2.75) is 71.8 Å². The van der Waals surface area contributed by atoms with Crippen LogP contribution in [0.15, 0.2) is 0 Å². The summed E-state index contributed by atoms with van der Waals surface area (Å²) in [5.74, 6) is -0.283. The number of hydrogen-bond donors (Lipinski definition) is 0. The van der Waals surface area contributed by atoms with E-state index in [9.17, 15) is 4.79 Å². The smallest absolute Gasteiger partial charge is 0.364 e. The third-order valence-electron chi connectivity index (χ3n) is 3.35. The van der Waals surface area contributed by atoms with Crippen LogP contribution in [0.3, 0.4) is 0 Å². The molecule has 126 valence electrons. The summed E-state index contributed by atoms with van der Waals surface area (Å²) in [5, 5.41) is 0. The van der Waals surface area contributed by atoms with E-state index in [0.29, 0.717) is 12.8 Å². The van der Waals surface area contributed by atoms with E-state index in [4.69, 9.17) is 23.1 Å². The zero-order valence-electron chi connectivity index (χ0n) is 14.3. The van der Waals surface area contributed by atoms with Gasteiger partial charge in [-0.15, -0.1) is 0 Å². The molecule has 0 aromatic carbocycles.